The topological polar surface area (TPSA) is 45.1 Å². The number of aromatic nitrogens is 2. The number of aryl methyl sites for hydroxylation is 2. The summed E-state index contributed by atoms with van der Waals surface area (Å²) in [5.74, 6) is 1.07. The van der Waals surface area contributed by atoms with Gasteiger partial charge >= 0.3 is 0 Å². The first-order valence-corrected chi connectivity index (χ1v) is 8.15. The molecule has 0 aliphatic carbocycles. The molecule has 1 saturated heterocycles. The molecule has 3 heterocycles. The molecule has 0 atom stereocenters. The van der Waals surface area contributed by atoms with Crippen molar-refractivity contribution in [3.63, 3.8) is 0 Å². The zero-order valence-electron chi connectivity index (χ0n) is 12.4. The second-order valence-electron chi connectivity index (χ2n) is 5.93. The van der Waals surface area contributed by atoms with Gasteiger partial charge in [0.1, 0.15) is 5.82 Å². The molecule has 2 aliphatic rings. The lowest BCUT2D eigenvalue weighted by atomic mass is 10.1. The second kappa shape index (κ2) is 7.09. The summed E-state index contributed by atoms with van der Waals surface area (Å²) in [5, 5.41) is 11.5. The van der Waals surface area contributed by atoms with Gasteiger partial charge in [-0.1, -0.05) is 0 Å². The van der Waals surface area contributed by atoms with Crippen LogP contribution in [0.15, 0.2) is 6.07 Å². The molecule has 20 heavy (non-hydrogen) atoms. The van der Waals surface area contributed by atoms with Gasteiger partial charge in [-0.05, 0) is 38.6 Å². The van der Waals surface area contributed by atoms with E-state index in [4.69, 9.17) is 0 Å². The van der Waals surface area contributed by atoms with Crippen LogP contribution in [0.4, 0.5) is 5.82 Å². The van der Waals surface area contributed by atoms with Gasteiger partial charge < -0.3 is 15.5 Å². The van der Waals surface area contributed by atoms with Crippen molar-refractivity contribution in [3.05, 3.63) is 11.8 Å². The first-order chi connectivity index (χ1) is 9.92. The average molecular weight is 277 g/mol. The van der Waals surface area contributed by atoms with Gasteiger partial charge in [0.15, 0.2) is 0 Å². The lowest BCUT2D eigenvalue weighted by molar-refractivity contribution is 0.237. The van der Waals surface area contributed by atoms with Crippen molar-refractivity contribution >= 4 is 5.82 Å². The molecule has 112 valence electrons. The summed E-state index contributed by atoms with van der Waals surface area (Å²) < 4.78 is 2.17. The smallest absolute Gasteiger partial charge is 0.148 e. The third-order valence-corrected chi connectivity index (χ3v) is 4.33. The summed E-state index contributed by atoms with van der Waals surface area (Å²) >= 11 is 0. The maximum atomic E-state index is 4.63. The van der Waals surface area contributed by atoms with Crippen molar-refractivity contribution < 1.29 is 0 Å². The maximum absolute atomic E-state index is 4.63. The zero-order valence-corrected chi connectivity index (χ0v) is 12.4. The van der Waals surface area contributed by atoms with Gasteiger partial charge in [-0.2, -0.15) is 5.10 Å². The Bertz CT molecular complexity index is 385. The molecule has 0 radical (unpaired) electrons. The van der Waals surface area contributed by atoms with Crippen LogP contribution in [0.3, 0.4) is 0 Å². The van der Waals surface area contributed by atoms with Crippen molar-refractivity contribution in [2.24, 2.45) is 0 Å². The SMILES string of the molecule is c1c(NCCCCN2CCNCC2)nn2c1CCCC2. The minimum Gasteiger partial charge on any atom is -0.369 e. The van der Waals surface area contributed by atoms with E-state index in [0.717, 1.165) is 32.0 Å². The van der Waals surface area contributed by atoms with E-state index in [9.17, 15) is 0 Å². The lowest BCUT2D eigenvalue weighted by Gasteiger charge is -2.27. The summed E-state index contributed by atoms with van der Waals surface area (Å²) in [5.41, 5.74) is 1.40. The van der Waals surface area contributed by atoms with E-state index in [1.807, 2.05) is 0 Å². The first-order valence-electron chi connectivity index (χ1n) is 8.15. The number of nitrogens with one attached hydrogen (secondary N) is 2. The third-order valence-electron chi connectivity index (χ3n) is 4.33. The Hall–Kier alpha value is -1.07. The fraction of sp³-hybridized carbons (Fsp3) is 0.800. The standard InChI is InChI=1S/C15H27N5/c1-3-10-20-14(5-1)13-15(18-20)17-6-2-4-9-19-11-7-16-8-12-19/h13,16H,1-12H2,(H,17,18). The average Bonchev–Trinajstić information content (AvgIpc) is 2.90. The Labute approximate surface area is 121 Å². The second-order valence-corrected chi connectivity index (χ2v) is 5.93. The van der Waals surface area contributed by atoms with Gasteiger partial charge in [-0.25, -0.2) is 0 Å². The molecule has 0 spiro atoms. The number of nitrogens with zero attached hydrogens (tertiary/aromatic N) is 3. The quantitative estimate of drug-likeness (QED) is 0.770. The Morgan fingerprint density at radius 3 is 2.90 bits per heavy atom. The molecule has 5 nitrogen and oxygen atoms in total. The molecular weight excluding hydrogens is 250 g/mol. The van der Waals surface area contributed by atoms with E-state index in [0.29, 0.717) is 0 Å². The molecule has 1 aromatic heterocycles. The summed E-state index contributed by atoms with van der Waals surface area (Å²) in [6.07, 6.45) is 6.29. The summed E-state index contributed by atoms with van der Waals surface area (Å²) in [7, 11) is 0. The highest BCUT2D eigenvalue weighted by Gasteiger charge is 2.11. The molecule has 3 rings (SSSR count). The maximum Gasteiger partial charge on any atom is 0.148 e. The Morgan fingerprint density at radius 2 is 2.05 bits per heavy atom. The van der Waals surface area contributed by atoms with Gasteiger partial charge in [0.25, 0.3) is 0 Å². The van der Waals surface area contributed by atoms with E-state index >= 15 is 0 Å². The van der Waals surface area contributed by atoms with Crippen LogP contribution in [0.2, 0.25) is 0 Å². The predicted octanol–water partition coefficient (Wildman–Crippen LogP) is 1.32. The fourth-order valence-corrected chi connectivity index (χ4v) is 3.12. The molecule has 2 N–H and O–H groups in total. The van der Waals surface area contributed by atoms with Gasteiger partial charge in [0, 0.05) is 51.0 Å². The van der Waals surface area contributed by atoms with Crippen molar-refractivity contribution in [2.75, 3.05) is 44.6 Å². The van der Waals surface area contributed by atoms with E-state index in [2.05, 4.69) is 31.4 Å². The van der Waals surface area contributed by atoms with Crippen LogP contribution in [0, 0.1) is 0 Å². The van der Waals surface area contributed by atoms with Gasteiger partial charge in [-0.15, -0.1) is 0 Å². The highest BCUT2D eigenvalue weighted by molar-refractivity contribution is 5.36. The predicted molar refractivity (Wildman–Crippen MR) is 82.2 cm³/mol. The third kappa shape index (κ3) is 3.73. The van der Waals surface area contributed by atoms with Crippen LogP contribution in [-0.4, -0.2) is 53.9 Å². The minimum atomic E-state index is 1.04. The Morgan fingerprint density at radius 1 is 1.15 bits per heavy atom. The highest BCUT2D eigenvalue weighted by Crippen LogP contribution is 2.17. The Balaban J connectivity index is 1.32. The summed E-state index contributed by atoms with van der Waals surface area (Å²) in [6, 6.07) is 2.23. The normalized spacial score (nSPS) is 19.8. The molecule has 2 aliphatic heterocycles. The number of hydrogen-bond acceptors (Lipinski definition) is 4. The van der Waals surface area contributed by atoms with Crippen LogP contribution in [0.1, 0.15) is 31.4 Å². The van der Waals surface area contributed by atoms with Crippen LogP contribution in [0.25, 0.3) is 0 Å². The van der Waals surface area contributed by atoms with Crippen molar-refractivity contribution in [1.29, 1.82) is 0 Å². The van der Waals surface area contributed by atoms with Crippen molar-refractivity contribution in [3.8, 4) is 0 Å². The van der Waals surface area contributed by atoms with E-state index in [1.165, 1.54) is 57.4 Å². The van der Waals surface area contributed by atoms with Crippen molar-refractivity contribution in [2.45, 2.75) is 38.6 Å². The van der Waals surface area contributed by atoms with Crippen LogP contribution >= 0.6 is 0 Å². The Kier molecular flexibility index (Phi) is 4.92. The zero-order chi connectivity index (χ0) is 13.6. The fourth-order valence-electron chi connectivity index (χ4n) is 3.12. The number of hydrogen-bond donors (Lipinski definition) is 2. The van der Waals surface area contributed by atoms with E-state index in [1.54, 1.807) is 0 Å². The minimum absolute atomic E-state index is 1.04. The summed E-state index contributed by atoms with van der Waals surface area (Å²) in [6.45, 7) is 8.10. The van der Waals surface area contributed by atoms with Gasteiger partial charge in [0.05, 0.1) is 0 Å². The molecular formula is C15H27N5. The number of piperazine rings is 1. The van der Waals surface area contributed by atoms with Crippen LogP contribution in [-0.2, 0) is 13.0 Å². The molecule has 5 heteroatoms. The van der Waals surface area contributed by atoms with E-state index in [-0.39, 0.29) is 0 Å². The lowest BCUT2D eigenvalue weighted by Crippen LogP contribution is -2.43. The largest absolute Gasteiger partial charge is 0.369 e. The highest BCUT2D eigenvalue weighted by atomic mass is 15.3. The molecule has 0 bridgehead atoms. The summed E-state index contributed by atoms with van der Waals surface area (Å²) in [4.78, 5) is 2.56. The number of anilines is 1. The molecule has 0 aromatic carbocycles. The molecule has 0 unspecified atom stereocenters. The monoisotopic (exact) mass is 277 g/mol. The number of fused-ring (bicyclic) bond motifs is 1. The van der Waals surface area contributed by atoms with Crippen molar-refractivity contribution in [1.82, 2.24) is 20.0 Å². The van der Waals surface area contributed by atoms with Gasteiger partial charge in [0.2, 0.25) is 0 Å². The number of unbranched alkanes of at least 4 members (excludes halogenated alkanes) is 1. The molecule has 0 saturated carbocycles. The molecule has 1 aromatic rings. The van der Waals surface area contributed by atoms with Crippen LogP contribution in [0.5, 0.6) is 0 Å². The van der Waals surface area contributed by atoms with Crippen LogP contribution < -0.4 is 10.6 Å². The van der Waals surface area contributed by atoms with Gasteiger partial charge in [-0.3, -0.25) is 4.68 Å². The van der Waals surface area contributed by atoms with E-state index < -0.39 is 0 Å². The molecule has 0 amide bonds. The molecule has 1 fully saturated rings. The number of rotatable bonds is 6. The first kappa shape index (κ1) is 13.9.